The van der Waals surface area contributed by atoms with E-state index < -0.39 is 6.09 Å². The van der Waals surface area contributed by atoms with Crippen molar-refractivity contribution in [3.8, 4) is 17.2 Å². The highest BCUT2D eigenvalue weighted by atomic mass is 16.5. The Kier molecular flexibility index (Phi) is 7.09. The zero-order valence-electron chi connectivity index (χ0n) is 20.5. The van der Waals surface area contributed by atoms with Gasteiger partial charge in [-0.15, -0.1) is 0 Å². The van der Waals surface area contributed by atoms with Crippen LogP contribution in [0.1, 0.15) is 24.0 Å². The number of aliphatic hydroxyl groups excluding tert-OH is 1. The summed E-state index contributed by atoms with van der Waals surface area (Å²) < 4.78 is 13.3. The van der Waals surface area contributed by atoms with Gasteiger partial charge in [0.25, 0.3) is 0 Å². The van der Waals surface area contributed by atoms with Crippen molar-refractivity contribution < 1.29 is 24.5 Å². The average molecular weight is 504 g/mol. The molecular weight excluding hydrogens is 474 g/mol. The van der Waals surface area contributed by atoms with E-state index in [1.54, 1.807) is 31.5 Å². The van der Waals surface area contributed by atoms with Crippen LogP contribution in [-0.2, 0) is 13.2 Å². The van der Waals surface area contributed by atoms with Crippen LogP contribution in [0.15, 0.2) is 60.8 Å². The zero-order valence-corrected chi connectivity index (χ0v) is 20.5. The first-order valence-electron chi connectivity index (χ1n) is 12.1. The summed E-state index contributed by atoms with van der Waals surface area (Å²) in [6, 6.07) is 16.7. The van der Waals surface area contributed by atoms with Crippen LogP contribution in [0.4, 0.5) is 10.6 Å². The number of hydrogen-bond acceptors (Lipinski definition) is 7. The molecule has 0 bridgehead atoms. The molecule has 0 radical (unpaired) electrons. The third-order valence-corrected chi connectivity index (χ3v) is 6.45. The molecule has 2 aromatic carbocycles. The van der Waals surface area contributed by atoms with Crippen LogP contribution in [0.2, 0.25) is 0 Å². The Morgan fingerprint density at radius 1 is 1.08 bits per heavy atom. The number of anilines is 1. The summed E-state index contributed by atoms with van der Waals surface area (Å²) in [5.41, 5.74) is 2.47. The van der Waals surface area contributed by atoms with Crippen molar-refractivity contribution in [2.45, 2.75) is 32.0 Å². The Labute approximate surface area is 214 Å². The van der Waals surface area contributed by atoms with Gasteiger partial charge >= 0.3 is 6.09 Å². The predicted molar refractivity (Wildman–Crippen MR) is 138 cm³/mol. The van der Waals surface area contributed by atoms with Gasteiger partial charge in [-0.2, -0.15) is 5.10 Å². The summed E-state index contributed by atoms with van der Waals surface area (Å²) in [4.78, 5) is 17.6. The van der Waals surface area contributed by atoms with E-state index in [1.165, 1.54) is 4.90 Å². The monoisotopic (exact) mass is 503 g/mol. The number of benzene rings is 2. The molecule has 1 fully saturated rings. The van der Waals surface area contributed by atoms with Gasteiger partial charge in [-0.3, -0.25) is 0 Å². The number of nitrogens with zero attached hydrogens (tertiary/aromatic N) is 4. The SMILES string of the molecule is COc1ccc(Cn2nc(N[C@@H]3CCCN(C(=O)O)C3)c3c(Oc4ccc(CO)cc4)ccnc32)cc1. The predicted octanol–water partition coefficient (Wildman–Crippen LogP) is 4.33. The van der Waals surface area contributed by atoms with Gasteiger partial charge in [0.15, 0.2) is 11.5 Å². The fraction of sp³-hybridized carbons (Fsp3) is 0.296. The number of hydrogen-bond donors (Lipinski definition) is 3. The number of rotatable bonds is 8. The lowest BCUT2D eigenvalue weighted by atomic mass is 10.1. The van der Waals surface area contributed by atoms with Gasteiger partial charge < -0.3 is 29.9 Å². The van der Waals surface area contributed by atoms with Gasteiger partial charge in [0.1, 0.15) is 22.6 Å². The minimum Gasteiger partial charge on any atom is -0.497 e. The molecule has 37 heavy (non-hydrogen) atoms. The Hall–Kier alpha value is -4.31. The summed E-state index contributed by atoms with van der Waals surface area (Å²) in [7, 11) is 1.63. The van der Waals surface area contributed by atoms with Gasteiger partial charge in [0.2, 0.25) is 0 Å². The van der Waals surface area contributed by atoms with E-state index in [-0.39, 0.29) is 12.6 Å². The van der Waals surface area contributed by atoms with Crippen molar-refractivity contribution in [2.24, 2.45) is 0 Å². The van der Waals surface area contributed by atoms with E-state index in [4.69, 9.17) is 14.6 Å². The minimum atomic E-state index is -0.918. The maximum Gasteiger partial charge on any atom is 0.407 e. The van der Waals surface area contributed by atoms with Crippen molar-refractivity contribution >= 4 is 22.9 Å². The van der Waals surface area contributed by atoms with Gasteiger partial charge in [-0.05, 0) is 48.2 Å². The first kappa shape index (κ1) is 24.4. The summed E-state index contributed by atoms with van der Waals surface area (Å²) in [6.07, 6.45) is 2.37. The normalized spacial score (nSPS) is 15.5. The average Bonchev–Trinajstić information content (AvgIpc) is 3.27. The molecule has 0 spiro atoms. The van der Waals surface area contributed by atoms with Gasteiger partial charge in [0.05, 0.1) is 20.3 Å². The second-order valence-corrected chi connectivity index (χ2v) is 8.98. The van der Waals surface area contributed by atoms with Crippen LogP contribution in [0.3, 0.4) is 0 Å². The van der Waals surface area contributed by atoms with Gasteiger partial charge in [-0.25, -0.2) is 14.5 Å². The molecule has 1 amide bonds. The van der Waals surface area contributed by atoms with E-state index in [0.29, 0.717) is 42.6 Å². The Bertz CT molecular complexity index is 1370. The molecule has 1 aliphatic heterocycles. The van der Waals surface area contributed by atoms with E-state index in [0.717, 1.165) is 35.1 Å². The molecule has 0 unspecified atom stereocenters. The molecule has 0 saturated carbocycles. The first-order valence-corrected chi connectivity index (χ1v) is 12.1. The number of nitrogens with one attached hydrogen (secondary N) is 1. The second-order valence-electron chi connectivity index (χ2n) is 8.98. The van der Waals surface area contributed by atoms with Crippen molar-refractivity contribution in [1.29, 1.82) is 0 Å². The number of methoxy groups -OCH3 is 1. The number of carbonyl (C=O) groups is 1. The quantitative estimate of drug-likeness (QED) is 0.325. The lowest BCUT2D eigenvalue weighted by Crippen LogP contribution is -2.44. The molecule has 2 aromatic heterocycles. The number of ether oxygens (including phenoxy) is 2. The molecule has 4 aromatic rings. The second kappa shape index (κ2) is 10.8. The van der Waals surface area contributed by atoms with Crippen LogP contribution in [0.5, 0.6) is 17.2 Å². The summed E-state index contributed by atoms with van der Waals surface area (Å²) in [5.74, 6) is 2.57. The van der Waals surface area contributed by atoms with Crippen molar-refractivity contribution in [3.05, 3.63) is 71.9 Å². The van der Waals surface area contributed by atoms with E-state index >= 15 is 0 Å². The molecule has 3 N–H and O–H groups in total. The highest BCUT2D eigenvalue weighted by molar-refractivity contribution is 5.93. The topological polar surface area (TPSA) is 122 Å². The number of likely N-dealkylation sites (tertiary alicyclic amines) is 1. The molecule has 1 atom stereocenters. The number of pyridine rings is 1. The highest BCUT2D eigenvalue weighted by Crippen LogP contribution is 2.35. The fourth-order valence-corrected chi connectivity index (χ4v) is 4.52. The van der Waals surface area contributed by atoms with Crippen molar-refractivity contribution in [1.82, 2.24) is 19.7 Å². The number of piperidine rings is 1. The van der Waals surface area contributed by atoms with Crippen LogP contribution >= 0.6 is 0 Å². The van der Waals surface area contributed by atoms with Gasteiger partial charge in [0, 0.05) is 31.4 Å². The Morgan fingerprint density at radius 2 is 1.81 bits per heavy atom. The molecular formula is C27H29N5O5. The largest absolute Gasteiger partial charge is 0.497 e. The smallest absolute Gasteiger partial charge is 0.407 e. The van der Waals surface area contributed by atoms with Crippen LogP contribution in [-0.4, -0.2) is 62.2 Å². The van der Waals surface area contributed by atoms with Crippen molar-refractivity contribution in [2.75, 3.05) is 25.5 Å². The molecule has 10 heteroatoms. The van der Waals surface area contributed by atoms with Crippen LogP contribution in [0.25, 0.3) is 11.0 Å². The molecule has 1 aliphatic rings. The fourth-order valence-electron chi connectivity index (χ4n) is 4.52. The van der Waals surface area contributed by atoms with Crippen LogP contribution < -0.4 is 14.8 Å². The molecule has 0 aliphatic carbocycles. The summed E-state index contributed by atoms with van der Waals surface area (Å²) in [5, 5.41) is 27.8. The minimum absolute atomic E-state index is 0.0409. The third-order valence-electron chi connectivity index (χ3n) is 6.45. The van der Waals surface area contributed by atoms with Crippen LogP contribution in [0, 0.1) is 0 Å². The first-order chi connectivity index (χ1) is 18.0. The summed E-state index contributed by atoms with van der Waals surface area (Å²) in [6.45, 7) is 1.34. The number of carboxylic acid groups (broad SMARTS) is 1. The maximum absolute atomic E-state index is 11.5. The molecule has 10 nitrogen and oxygen atoms in total. The molecule has 1 saturated heterocycles. The van der Waals surface area contributed by atoms with Crippen molar-refractivity contribution in [3.63, 3.8) is 0 Å². The lowest BCUT2D eigenvalue weighted by Gasteiger charge is -2.31. The highest BCUT2D eigenvalue weighted by Gasteiger charge is 2.26. The standard InChI is InChI=1S/C27H29N5O5/c1-36-21-8-4-18(5-9-21)15-32-26-24(25(30-32)29-20-3-2-14-31(16-20)27(34)35)23(12-13-28-26)37-22-10-6-19(17-33)7-11-22/h4-13,20,33H,2-3,14-17H2,1H3,(H,29,30)(H,34,35)/t20-/m1/s1. The van der Waals surface area contributed by atoms with E-state index in [1.807, 2.05) is 41.1 Å². The maximum atomic E-state index is 11.5. The third kappa shape index (κ3) is 5.44. The zero-order chi connectivity index (χ0) is 25.8. The number of fused-ring (bicyclic) bond motifs is 1. The Morgan fingerprint density at radius 3 is 2.51 bits per heavy atom. The molecule has 192 valence electrons. The van der Waals surface area contributed by atoms with Gasteiger partial charge in [-0.1, -0.05) is 24.3 Å². The lowest BCUT2D eigenvalue weighted by molar-refractivity contribution is 0.133. The van der Waals surface area contributed by atoms with E-state index in [2.05, 4.69) is 10.3 Å². The molecule has 5 rings (SSSR count). The number of aromatic nitrogens is 3. The Balaban J connectivity index is 1.51. The molecule has 3 heterocycles. The summed E-state index contributed by atoms with van der Waals surface area (Å²) >= 11 is 0. The van der Waals surface area contributed by atoms with E-state index in [9.17, 15) is 15.0 Å². The number of aliphatic hydroxyl groups is 1. The number of amides is 1.